The van der Waals surface area contributed by atoms with Gasteiger partial charge in [0.15, 0.2) is 0 Å². The largest absolute Gasteiger partial charge is 0.346 e. The molecule has 0 radical (unpaired) electrons. The van der Waals surface area contributed by atoms with E-state index in [1.165, 1.54) is 17.0 Å². The van der Waals surface area contributed by atoms with Gasteiger partial charge in [-0.3, -0.25) is 19.3 Å². The summed E-state index contributed by atoms with van der Waals surface area (Å²) in [4.78, 5) is 36.0. The number of rotatable bonds is 6. The van der Waals surface area contributed by atoms with Crippen LogP contribution < -0.4 is 5.32 Å². The average molecular weight is 322 g/mol. The van der Waals surface area contributed by atoms with E-state index in [-0.39, 0.29) is 36.8 Å². The predicted molar refractivity (Wildman–Crippen MR) is 78.7 cm³/mol. The normalized spacial score (nSPS) is 15.0. The second-order valence-electron chi connectivity index (χ2n) is 5.22. The lowest BCUT2D eigenvalue weighted by Gasteiger charge is -2.14. The van der Waals surface area contributed by atoms with Gasteiger partial charge in [0.25, 0.3) is 11.8 Å². The first kappa shape index (κ1) is 16.8. The Morgan fingerprint density at radius 3 is 2.30 bits per heavy atom. The molecule has 5 nitrogen and oxygen atoms in total. The molecule has 23 heavy (non-hydrogen) atoms. The number of imide groups is 1. The number of benzene rings is 1. The summed E-state index contributed by atoms with van der Waals surface area (Å²) in [5.41, 5.74) is 0.897. The topological polar surface area (TPSA) is 66.5 Å². The standard InChI is InChI=1S/C16H16F2N2O3/c1-2-16(17,18)10-19-15(23)12-5-3-11(4-6-12)9-20-13(21)7-8-14(20)22/h2-6H,1,7-10H2,(H,19,23). The lowest BCUT2D eigenvalue weighted by molar-refractivity contribution is -0.139. The third-order valence-corrected chi connectivity index (χ3v) is 3.49. The Kier molecular flexibility index (Phi) is 4.88. The van der Waals surface area contributed by atoms with Crippen LogP contribution >= 0.6 is 0 Å². The summed E-state index contributed by atoms with van der Waals surface area (Å²) in [5.74, 6) is -4.23. The van der Waals surface area contributed by atoms with Gasteiger partial charge < -0.3 is 5.32 Å². The number of hydrogen-bond donors (Lipinski definition) is 1. The molecule has 0 spiro atoms. The maximum atomic E-state index is 13.0. The van der Waals surface area contributed by atoms with Gasteiger partial charge in [-0.05, 0) is 23.8 Å². The second-order valence-corrected chi connectivity index (χ2v) is 5.22. The number of likely N-dealkylation sites (tertiary alicyclic amines) is 1. The van der Waals surface area contributed by atoms with Crippen LogP contribution in [0.5, 0.6) is 0 Å². The Bertz CT molecular complexity index is 625. The molecule has 0 saturated carbocycles. The Labute approximate surface area is 132 Å². The SMILES string of the molecule is C=CC(F)(F)CNC(=O)c1ccc(CN2C(=O)CCC2=O)cc1. The summed E-state index contributed by atoms with van der Waals surface area (Å²) in [6, 6.07) is 6.09. The predicted octanol–water partition coefficient (Wildman–Crippen LogP) is 1.89. The van der Waals surface area contributed by atoms with Crippen molar-refractivity contribution in [1.82, 2.24) is 10.2 Å². The Morgan fingerprint density at radius 1 is 1.22 bits per heavy atom. The first-order chi connectivity index (χ1) is 10.8. The summed E-state index contributed by atoms with van der Waals surface area (Å²) in [6.45, 7) is 2.32. The minimum atomic E-state index is -3.16. The number of nitrogens with one attached hydrogen (secondary N) is 1. The van der Waals surface area contributed by atoms with E-state index < -0.39 is 18.4 Å². The molecular weight excluding hydrogens is 306 g/mol. The molecule has 1 N–H and O–H groups in total. The lowest BCUT2D eigenvalue weighted by atomic mass is 10.1. The zero-order valence-corrected chi connectivity index (χ0v) is 12.4. The fraction of sp³-hybridized carbons (Fsp3) is 0.312. The smallest absolute Gasteiger partial charge is 0.283 e. The number of alkyl halides is 2. The van der Waals surface area contributed by atoms with Gasteiger partial charge in [-0.1, -0.05) is 18.7 Å². The first-order valence-electron chi connectivity index (χ1n) is 7.04. The highest BCUT2D eigenvalue weighted by molar-refractivity contribution is 6.01. The molecule has 2 rings (SSSR count). The molecule has 0 unspecified atom stereocenters. The summed E-state index contributed by atoms with van der Waals surface area (Å²) < 4.78 is 26.0. The van der Waals surface area contributed by atoms with E-state index >= 15 is 0 Å². The van der Waals surface area contributed by atoms with Gasteiger partial charge in [0.1, 0.15) is 0 Å². The molecular formula is C16H16F2N2O3. The monoisotopic (exact) mass is 322 g/mol. The maximum absolute atomic E-state index is 13.0. The van der Waals surface area contributed by atoms with Crippen LogP contribution in [0.25, 0.3) is 0 Å². The zero-order chi connectivity index (χ0) is 17.0. The highest BCUT2D eigenvalue weighted by Crippen LogP contribution is 2.16. The van der Waals surface area contributed by atoms with E-state index in [9.17, 15) is 23.2 Å². The van der Waals surface area contributed by atoms with Crippen molar-refractivity contribution >= 4 is 17.7 Å². The summed E-state index contributed by atoms with van der Waals surface area (Å²) in [5, 5.41) is 2.12. The molecule has 1 heterocycles. The summed E-state index contributed by atoms with van der Waals surface area (Å²) in [6.07, 6.45) is 0.911. The average Bonchev–Trinajstić information content (AvgIpc) is 2.85. The van der Waals surface area contributed by atoms with Crippen LogP contribution in [0.3, 0.4) is 0 Å². The second kappa shape index (κ2) is 6.68. The molecule has 0 aromatic heterocycles. The molecule has 1 fully saturated rings. The Balaban J connectivity index is 1.96. The number of carbonyl (C=O) groups is 3. The van der Waals surface area contributed by atoms with Crippen molar-refractivity contribution in [3.8, 4) is 0 Å². The van der Waals surface area contributed by atoms with Crippen molar-refractivity contribution < 1.29 is 23.2 Å². The highest BCUT2D eigenvalue weighted by atomic mass is 19.3. The van der Waals surface area contributed by atoms with Gasteiger partial charge >= 0.3 is 0 Å². The first-order valence-corrected chi connectivity index (χ1v) is 7.04. The van der Waals surface area contributed by atoms with Crippen LogP contribution in [0.2, 0.25) is 0 Å². The minimum absolute atomic E-state index is 0.147. The van der Waals surface area contributed by atoms with Crippen LogP contribution in [0.1, 0.15) is 28.8 Å². The van der Waals surface area contributed by atoms with E-state index in [2.05, 4.69) is 11.9 Å². The van der Waals surface area contributed by atoms with Gasteiger partial charge in [0.05, 0.1) is 13.1 Å². The van der Waals surface area contributed by atoms with Gasteiger partial charge in [-0.15, -0.1) is 0 Å². The van der Waals surface area contributed by atoms with Crippen molar-refractivity contribution in [2.24, 2.45) is 0 Å². The van der Waals surface area contributed by atoms with Crippen LogP contribution in [0.4, 0.5) is 8.78 Å². The van der Waals surface area contributed by atoms with Crippen LogP contribution in [0, 0.1) is 0 Å². The van der Waals surface area contributed by atoms with E-state index in [4.69, 9.17) is 0 Å². The molecule has 7 heteroatoms. The number of nitrogens with zero attached hydrogens (tertiary/aromatic N) is 1. The van der Waals surface area contributed by atoms with Crippen molar-refractivity contribution in [1.29, 1.82) is 0 Å². The molecule has 1 saturated heterocycles. The van der Waals surface area contributed by atoms with E-state index in [0.717, 1.165) is 0 Å². The van der Waals surface area contributed by atoms with E-state index in [1.54, 1.807) is 12.1 Å². The van der Waals surface area contributed by atoms with Crippen LogP contribution in [-0.2, 0) is 16.1 Å². The van der Waals surface area contributed by atoms with Gasteiger partial charge in [0, 0.05) is 18.4 Å². The summed E-state index contributed by atoms with van der Waals surface area (Å²) >= 11 is 0. The fourth-order valence-electron chi connectivity index (χ4n) is 2.12. The molecule has 1 aromatic rings. The van der Waals surface area contributed by atoms with E-state index in [0.29, 0.717) is 11.6 Å². The number of carbonyl (C=O) groups excluding carboxylic acids is 3. The third kappa shape index (κ3) is 4.21. The van der Waals surface area contributed by atoms with E-state index in [1.807, 2.05) is 0 Å². The quantitative estimate of drug-likeness (QED) is 0.642. The molecule has 0 atom stereocenters. The van der Waals surface area contributed by atoms with Crippen molar-refractivity contribution in [2.45, 2.75) is 25.3 Å². The third-order valence-electron chi connectivity index (χ3n) is 3.49. The highest BCUT2D eigenvalue weighted by Gasteiger charge is 2.28. The summed E-state index contributed by atoms with van der Waals surface area (Å²) in [7, 11) is 0. The molecule has 1 aliphatic heterocycles. The van der Waals surface area contributed by atoms with Crippen molar-refractivity contribution in [3.63, 3.8) is 0 Å². The number of amides is 3. The zero-order valence-electron chi connectivity index (χ0n) is 12.4. The molecule has 122 valence electrons. The molecule has 1 aliphatic rings. The van der Waals surface area contributed by atoms with Gasteiger partial charge in [0.2, 0.25) is 11.8 Å². The number of hydrogen-bond acceptors (Lipinski definition) is 3. The Hall–Kier alpha value is -2.57. The molecule has 0 bridgehead atoms. The van der Waals surface area contributed by atoms with Gasteiger partial charge in [-0.2, -0.15) is 0 Å². The lowest BCUT2D eigenvalue weighted by Crippen LogP contribution is -2.35. The van der Waals surface area contributed by atoms with Crippen molar-refractivity contribution in [3.05, 3.63) is 48.0 Å². The molecule has 1 aromatic carbocycles. The maximum Gasteiger partial charge on any atom is 0.283 e. The fourth-order valence-corrected chi connectivity index (χ4v) is 2.12. The van der Waals surface area contributed by atoms with Gasteiger partial charge in [-0.25, -0.2) is 8.78 Å². The van der Waals surface area contributed by atoms with Crippen LogP contribution in [0.15, 0.2) is 36.9 Å². The Morgan fingerprint density at radius 2 is 1.78 bits per heavy atom. The molecule has 3 amide bonds. The number of halogens is 2. The van der Waals surface area contributed by atoms with Crippen LogP contribution in [-0.4, -0.2) is 35.1 Å². The minimum Gasteiger partial charge on any atom is -0.346 e. The van der Waals surface area contributed by atoms with Crippen molar-refractivity contribution in [2.75, 3.05) is 6.54 Å². The molecule has 0 aliphatic carbocycles.